The lowest BCUT2D eigenvalue weighted by molar-refractivity contribution is -0.117. The predicted octanol–water partition coefficient (Wildman–Crippen LogP) is 1.47. The van der Waals surface area contributed by atoms with Crippen LogP contribution in [0.5, 0.6) is 0 Å². The van der Waals surface area contributed by atoms with E-state index in [1.54, 1.807) is 19.9 Å². The van der Waals surface area contributed by atoms with Crippen molar-refractivity contribution < 1.29 is 14.7 Å². The highest BCUT2D eigenvalue weighted by Gasteiger charge is 2.26. The maximum atomic E-state index is 11.3. The number of aliphatic hydroxyl groups is 1. The molecule has 1 N–H and O–H groups in total. The Morgan fingerprint density at radius 3 is 2.15 bits per heavy atom. The predicted molar refractivity (Wildman–Crippen MR) is 48.2 cm³/mol. The van der Waals surface area contributed by atoms with Gasteiger partial charge in [0.15, 0.2) is 11.5 Å². The monoisotopic (exact) mass is 178 g/mol. The fraction of sp³-hybridized carbons (Fsp3) is 0.200. The Balaban J connectivity index is 3.33. The standard InChI is InChI=1S/C10H10O3/c1-3-6-7(4-2)10(13)9(12)5-8(6)11/h3-5,12H,1-2H3/b6-3+,7-4+. The van der Waals surface area contributed by atoms with Gasteiger partial charge in [-0.2, -0.15) is 0 Å². The van der Waals surface area contributed by atoms with Gasteiger partial charge in [0, 0.05) is 17.2 Å². The number of aliphatic hydroxyl groups excluding tert-OH is 1. The zero-order valence-corrected chi connectivity index (χ0v) is 7.50. The summed E-state index contributed by atoms with van der Waals surface area (Å²) in [7, 11) is 0. The molecule has 0 bridgehead atoms. The molecule has 0 unspecified atom stereocenters. The first-order valence-corrected chi connectivity index (χ1v) is 3.94. The summed E-state index contributed by atoms with van der Waals surface area (Å²) in [6.07, 6.45) is 4.04. The van der Waals surface area contributed by atoms with Gasteiger partial charge < -0.3 is 5.11 Å². The minimum Gasteiger partial charge on any atom is -0.504 e. The maximum Gasteiger partial charge on any atom is 0.227 e. The van der Waals surface area contributed by atoms with Gasteiger partial charge >= 0.3 is 0 Å². The number of Topliss-reactive ketones (excluding diaryl/α,β-unsaturated/α-hetero) is 1. The van der Waals surface area contributed by atoms with Gasteiger partial charge in [-0.15, -0.1) is 0 Å². The molecule has 13 heavy (non-hydrogen) atoms. The Morgan fingerprint density at radius 1 is 1.15 bits per heavy atom. The molecule has 0 saturated heterocycles. The fourth-order valence-corrected chi connectivity index (χ4v) is 1.24. The van der Waals surface area contributed by atoms with Crippen molar-refractivity contribution in [3.8, 4) is 0 Å². The molecule has 0 atom stereocenters. The van der Waals surface area contributed by atoms with Crippen LogP contribution in [0.2, 0.25) is 0 Å². The summed E-state index contributed by atoms with van der Waals surface area (Å²) in [6.45, 7) is 3.34. The minimum atomic E-state index is -0.491. The maximum absolute atomic E-state index is 11.3. The van der Waals surface area contributed by atoms with Crippen LogP contribution in [0.1, 0.15) is 13.8 Å². The average Bonchev–Trinajstić information content (AvgIpc) is 2.10. The molecule has 68 valence electrons. The fourth-order valence-electron chi connectivity index (χ4n) is 1.24. The Hall–Kier alpha value is -1.64. The lowest BCUT2D eigenvalue weighted by atomic mass is 9.91. The van der Waals surface area contributed by atoms with Gasteiger partial charge in [0.2, 0.25) is 5.78 Å². The second-order valence-electron chi connectivity index (χ2n) is 2.63. The van der Waals surface area contributed by atoms with Gasteiger partial charge in [-0.25, -0.2) is 0 Å². The van der Waals surface area contributed by atoms with Gasteiger partial charge in [0.1, 0.15) is 0 Å². The first kappa shape index (κ1) is 9.45. The third-order valence-electron chi connectivity index (χ3n) is 1.88. The summed E-state index contributed by atoms with van der Waals surface area (Å²) < 4.78 is 0. The molecule has 0 aromatic heterocycles. The molecule has 0 spiro atoms. The topological polar surface area (TPSA) is 54.4 Å². The van der Waals surface area contributed by atoms with Crippen LogP contribution < -0.4 is 0 Å². The van der Waals surface area contributed by atoms with E-state index in [0.717, 1.165) is 6.08 Å². The Morgan fingerprint density at radius 2 is 1.69 bits per heavy atom. The summed E-state index contributed by atoms with van der Waals surface area (Å²) in [6, 6.07) is 0. The third-order valence-corrected chi connectivity index (χ3v) is 1.88. The molecule has 0 saturated carbocycles. The van der Waals surface area contributed by atoms with Crippen LogP contribution in [0.15, 0.2) is 35.1 Å². The minimum absolute atomic E-state index is 0.271. The van der Waals surface area contributed by atoms with Gasteiger partial charge in [0.05, 0.1) is 0 Å². The number of carbonyl (C=O) groups is 2. The molecule has 0 aromatic rings. The van der Waals surface area contributed by atoms with Gasteiger partial charge in [-0.05, 0) is 13.8 Å². The van der Waals surface area contributed by atoms with Crippen LogP contribution in [0.4, 0.5) is 0 Å². The highest BCUT2D eigenvalue weighted by atomic mass is 16.3. The van der Waals surface area contributed by atoms with E-state index in [1.807, 2.05) is 0 Å². The number of allylic oxidation sites excluding steroid dienone is 5. The molecule has 1 rings (SSSR count). The lowest BCUT2D eigenvalue weighted by Gasteiger charge is -2.12. The van der Waals surface area contributed by atoms with Crippen LogP contribution in [0.3, 0.4) is 0 Å². The van der Waals surface area contributed by atoms with Crippen LogP contribution in [-0.4, -0.2) is 16.7 Å². The molecular weight excluding hydrogens is 168 g/mol. The van der Waals surface area contributed by atoms with Crippen LogP contribution >= 0.6 is 0 Å². The van der Waals surface area contributed by atoms with Crippen molar-refractivity contribution in [2.24, 2.45) is 0 Å². The van der Waals surface area contributed by atoms with Crippen molar-refractivity contribution in [1.29, 1.82) is 0 Å². The van der Waals surface area contributed by atoms with Gasteiger partial charge in [-0.3, -0.25) is 9.59 Å². The molecule has 1 aliphatic rings. The summed E-state index contributed by atoms with van der Waals surface area (Å²) in [4.78, 5) is 22.5. The highest BCUT2D eigenvalue weighted by molar-refractivity contribution is 6.26. The number of carbonyl (C=O) groups excluding carboxylic acids is 2. The Kier molecular flexibility index (Phi) is 2.46. The summed E-state index contributed by atoms with van der Waals surface area (Å²) >= 11 is 0. The van der Waals surface area contributed by atoms with Crippen molar-refractivity contribution in [3.63, 3.8) is 0 Å². The van der Waals surface area contributed by atoms with Crippen molar-refractivity contribution in [2.45, 2.75) is 13.8 Å². The molecule has 0 aliphatic heterocycles. The Bertz CT molecular complexity index is 356. The normalized spacial score (nSPS) is 24.0. The molecule has 0 aromatic carbocycles. The van der Waals surface area contributed by atoms with Crippen molar-refractivity contribution in [3.05, 3.63) is 35.1 Å². The zero-order valence-electron chi connectivity index (χ0n) is 7.50. The highest BCUT2D eigenvalue weighted by Crippen LogP contribution is 2.21. The van der Waals surface area contributed by atoms with E-state index in [-0.39, 0.29) is 11.4 Å². The molecule has 0 radical (unpaired) electrons. The SMILES string of the molecule is C/C=C1/C(=O)C=C(O)C(=O)/C1=C/C. The molecule has 1 aliphatic carbocycles. The molecular formula is C10H10O3. The first-order chi connectivity index (χ1) is 6.11. The number of hydrogen-bond donors (Lipinski definition) is 1. The summed E-state index contributed by atoms with van der Waals surface area (Å²) in [5.41, 5.74) is 0.623. The van der Waals surface area contributed by atoms with Crippen LogP contribution in [0, 0.1) is 0 Å². The summed E-state index contributed by atoms with van der Waals surface area (Å²) in [5.74, 6) is -1.30. The molecule has 0 amide bonds. The van der Waals surface area contributed by atoms with E-state index in [2.05, 4.69) is 0 Å². The van der Waals surface area contributed by atoms with E-state index in [0.29, 0.717) is 5.57 Å². The van der Waals surface area contributed by atoms with E-state index >= 15 is 0 Å². The molecule has 3 nitrogen and oxygen atoms in total. The quantitative estimate of drug-likeness (QED) is 0.571. The van der Waals surface area contributed by atoms with E-state index < -0.39 is 11.5 Å². The number of ketones is 2. The molecule has 0 fully saturated rings. The Labute approximate surface area is 76.1 Å². The molecule has 3 heteroatoms. The first-order valence-electron chi connectivity index (χ1n) is 3.94. The zero-order chi connectivity index (χ0) is 10.0. The largest absolute Gasteiger partial charge is 0.504 e. The molecule has 0 heterocycles. The van der Waals surface area contributed by atoms with E-state index in [9.17, 15) is 9.59 Å². The van der Waals surface area contributed by atoms with Crippen molar-refractivity contribution >= 4 is 11.6 Å². The van der Waals surface area contributed by atoms with E-state index in [4.69, 9.17) is 5.11 Å². The van der Waals surface area contributed by atoms with Crippen LogP contribution in [-0.2, 0) is 9.59 Å². The van der Waals surface area contributed by atoms with Gasteiger partial charge in [0.25, 0.3) is 0 Å². The van der Waals surface area contributed by atoms with E-state index in [1.165, 1.54) is 6.08 Å². The smallest absolute Gasteiger partial charge is 0.227 e. The van der Waals surface area contributed by atoms with Gasteiger partial charge in [-0.1, -0.05) is 12.2 Å². The number of rotatable bonds is 0. The lowest BCUT2D eigenvalue weighted by Crippen LogP contribution is -2.19. The average molecular weight is 178 g/mol. The van der Waals surface area contributed by atoms with Crippen molar-refractivity contribution in [2.75, 3.05) is 0 Å². The summed E-state index contributed by atoms with van der Waals surface area (Å²) in [5, 5.41) is 9.09. The third kappa shape index (κ3) is 1.45. The van der Waals surface area contributed by atoms with Crippen LogP contribution in [0.25, 0.3) is 0 Å². The second-order valence-corrected chi connectivity index (χ2v) is 2.63. The van der Waals surface area contributed by atoms with Crippen molar-refractivity contribution in [1.82, 2.24) is 0 Å². The second kappa shape index (κ2) is 3.39. The number of hydrogen-bond acceptors (Lipinski definition) is 3.